The molecule has 2 aromatic rings. The zero-order valence-corrected chi connectivity index (χ0v) is 20.0. The summed E-state index contributed by atoms with van der Waals surface area (Å²) in [6.07, 6.45) is 1.90. The lowest BCUT2D eigenvalue weighted by atomic mass is 10.1. The van der Waals surface area contributed by atoms with Crippen LogP contribution in [0.3, 0.4) is 0 Å². The Balaban J connectivity index is 1.41. The topological polar surface area (TPSA) is 109 Å². The van der Waals surface area contributed by atoms with Crippen molar-refractivity contribution in [3.63, 3.8) is 0 Å². The Bertz CT molecular complexity index is 1100. The summed E-state index contributed by atoms with van der Waals surface area (Å²) in [4.78, 5) is 26.8. The van der Waals surface area contributed by atoms with E-state index in [1.54, 1.807) is 30.2 Å². The van der Waals surface area contributed by atoms with Crippen molar-refractivity contribution in [2.75, 3.05) is 43.5 Å². The van der Waals surface area contributed by atoms with Gasteiger partial charge >= 0.3 is 0 Å². The van der Waals surface area contributed by atoms with Crippen LogP contribution in [0.1, 0.15) is 18.2 Å². The van der Waals surface area contributed by atoms with Crippen LogP contribution in [0, 0.1) is 0 Å². The Kier molecular flexibility index (Phi) is 7.42. The van der Waals surface area contributed by atoms with Gasteiger partial charge in [-0.3, -0.25) is 14.5 Å². The number of amides is 2. The van der Waals surface area contributed by atoms with E-state index in [1.165, 1.54) is 22.2 Å². The van der Waals surface area contributed by atoms with Crippen LogP contribution in [0.4, 0.5) is 5.69 Å². The van der Waals surface area contributed by atoms with E-state index >= 15 is 0 Å². The van der Waals surface area contributed by atoms with Crippen LogP contribution in [-0.2, 0) is 36.5 Å². The van der Waals surface area contributed by atoms with E-state index in [2.05, 4.69) is 5.32 Å². The monoisotopic (exact) mass is 493 g/mol. The maximum atomic E-state index is 13.0. The largest absolute Gasteiger partial charge is 0.468 e. The first kappa shape index (κ1) is 23.8. The minimum atomic E-state index is -3.66. The number of anilines is 1. The van der Waals surface area contributed by atoms with Gasteiger partial charge in [-0.05, 0) is 35.9 Å². The minimum Gasteiger partial charge on any atom is -0.468 e. The molecule has 0 spiro atoms. The maximum Gasteiger partial charge on any atom is 0.243 e. The molecule has 1 saturated heterocycles. The Labute approximate surface area is 197 Å². The number of morpholine rings is 1. The number of thioether (sulfide) groups is 1. The summed E-state index contributed by atoms with van der Waals surface area (Å²) >= 11 is 1.64. The molecule has 2 aliphatic heterocycles. The summed E-state index contributed by atoms with van der Waals surface area (Å²) in [6.45, 7) is 3.21. The molecule has 11 heteroatoms. The van der Waals surface area contributed by atoms with Crippen molar-refractivity contribution in [1.29, 1.82) is 0 Å². The fourth-order valence-electron chi connectivity index (χ4n) is 4.06. The Hall–Kier alpha value is -2.34. The summed E-state index contributed by atoms with van der Waals surface area (Å²) in [5.74, 6) is 1.79. The molecule has 4 rings (SSSR count). The number of benzene rings is 1. The molecule has 1 atom stereocenters. The average Bonchev–Trinajstić information content (AvgIpc) is 3.46. The predicted octanol–water partition coefficient (Wildman–Crippen LogP) is 1.63. The number of sulfonamides is 1. The number of hydrogen-bond acceptors (Lipinski definition) is 7. The van der Waals surface area contributed by atoms with Gasteiger partial charge in [0.2, 0.25) is 21.8 Å². The molecule has 178 valence electrons. The smallest absolute Gasteiger partial charge is 0.243 e. The molecule has 3 heterocycles. The third-order valence-electron chi connectivity index (χ3n) is 5.66. The van der Waals surface area contributed by atoms with Crippen LogP contribution in [0.25, 0.3) is 0 Å². The zero-order valence-electron chi connectivity index (χ0n) is 18.4. The normalized spacial score (nSPS) is 18.8. The summed E-state index contributed by atoms with van der Waals surface area (Å²) < 4.78 is 38.0. The molecule has 33 heavy (non-hydrogen) atoms. The highest BCUT2D eigenvalue weighted by atomic mass is 32.2. The third-order valence-corrected chi connectivity index (χ3v) is 8.53. The summed E-state index contributed by atoms with van der Waals surface area (Å²) in [5.41, 5.74) is 1.25. The van der Waals surface area contributed by atoms with E-state index in [9.17, 15) is 18.0 Å². The second-order valence-corrected chi connectivity index (χ2v) is 10.9. The third kappa shape index (κ3) is 5.26. The molecule has 1 aromatic heterocycles. The molecule has 1 N–H and O–H groups in total. The molecule has 2 aliphatic rings. The number of fused-ring (bicyclic) bond motifs is 1. The molecule has 1 aromatic carbocycles. The van der Waals surface area contributed by atoms with Gasteiger partial charge < -0.3 is 14.5 Å². The first-order chi connectivity index (χ1) is 15.9. The molecular weight excluding hydrogens is 466 g/mol. The summed E-state index contributed by atoms with van der Waals surface area (Å²) in [5, 5.41) is 2.90. The van der Waals surface area contributed by atoms with Crippen molar-refractivity contribution in [2.24, 2.45) is 0 Å². The van der Waals surface area contributed by atoms with Crippen molar-refractivity contribution in [2.45, 2.75) is 30.0 Å². The van der Waals surface area contributed by atoms with Crippen LogP contribution in [-0.4, -0.2) is 69.2 Å². The van der Waals surface area contributed by atoms with Crippen LogP contribution in [0.2, 0.25) is 0 Å². The molecule has 0 unspecified atom stereocenters. The summed E-state index contributed by atoms with van der Waals surface area (Å²) in [7, 11) is -3.66. The first-order valence-electron chi connectivity index (χ1n) is 10.8. The van der Waals surface area contributed by atoms with E-state index in [4.69, 9.17) is 9.15 Å². The minimum absolute atomic E-state index is 0.169. The predicted molar refractivity (Wildman–Crippen MR) is 125 cm³/mol. The van der Waals surface area contributed by atoms with Gasteiger partial charge in [-0.1, -0.05) is 0 Å². The fourth-order valence-corrected chi connectivity index (χ4v) is 6.27. The van der Waals surface area contributed by atoms with Gasteiger partial charge in [-0.2, -0.15) is 16.1 Å². The van der Waals surface area contributed by atoms with Crippen molar-refractivity contribution >= 4 is 39.3 Å². The molecule has 0 bridgehead atoms. The van der Waals surface area contributed by atoms with Gasteiger partial charge in [0.15, 0.2) is 0 Å². The van der Waals surface area contributed by atoms with E-state index < -0.39 is 16.1 Å². The number of carbonyl (C=O) groups is 2. The summed E-state index contributed by atoms with van der Waals surface area (Å²) in [6, 6.07) is 7.75. The van der Waals surface area contributed by atoms with E-state index in [0.29, 0.717) is 49.9 Å². The Morgan fingerprint density at radius 2 is 2.00 bits per heavy atom. The van der Waals surface area contributed by atoms with Gasteiger partial charge in [-0.15, -0.1) is 0 Å². The van der Waals surface area contributed by atoms with Crippen molar-refractivity contribution in [1.82, 2.24) is 9.62 Å². The second kappa shape index (κ2) is 10.3. The van der Waals surface area contributed by atoms with E-state index in [-0.39, 0.29) is 23.1 Å². The highest BCUT2D eigenvalue weighted by molar-refractivity contribution is 7.98. The Morgan fingerprint density at radius 1 is 1.21 bits per heavy atom. The number of hydrogen-bond donors (Lipinski definition) is 1. The maximum absolute atomic E-state index is 13.0. The number of furan rings is 1. The molecule has 0 aliphatic carbocycles. The SMILES string of the molecule is CC(=O)N1c2ccc(S(=O)(=O)N3CCOCC3)cc2C[C@@H]1C(=O)NCCSCc1ccco1. The fraction of sp³-hybridized carbons (Fsp3) is 0.455. The molecular formula is C22H27N3O6S2. The van der Waals surface area contributed by atoms with Gasteiger partial charge in [-0.25, -0.2) is 8.42 Å². The van der Waals surface area contributed by atoms with Gasteiger partial charge in [0.1, 0.15) is 11.8 Å². The molecule has 0 saturated carbocycles. The zero-order chi connectivity index (χ0) is 23.4. The van der Waals surface area contributed by atoms with Crippen LogP contribution in [0.5, 0.6) is 0 Å². The number of nitrogens with one attached hydrogen (secondary N) is 1. The van der Waals surface area contributed by atoms with Crippen molar-refractivity contribution < 1.29 is 27.2 Å². The molecule has 2 amide bonds. The lowest BCUT2D eigenvalue weighted by Gasteiger charge is -2.26. The molecule has 1 fully saturated rings. The van der Waals surface area contributed by atoms with Crippen LogP contribution < -0.4 is 10.2 Å². The number of carbonyl (C=O) groups excluding carboxylic acids is 2. The first-order valence-corrected chi connectivity index (χ1v) is 13.4. The number of rotatable bonds is 8. The van der Waals surface area contributed by atoms with Gasteiger partial charge in [0.25, 0.3) is 0 Å². The lowest BCUT2D eigenvalue weighted by molar-refractivity contribution is -0.125. The second-order valence-electron chi connectivity index (χ2n) is 7.84. The highest BCUT2D eigenvalue weighted by Crippen LogP contribution is 2.35. The van der Waals surface area contributed by atoms with Crippen LogP contribution >= 0.6 is 11.8 Å². The van der Waals surface area contributed by atoms with Crippen molar-refractivity contribution in [3.8, 4) is 0 Å². The standard InChI is InChI=1S/C22H27N3O6S2/c1-16(26)25-20-5-4-19(33(28,29)24-7-10-30-11-8-24)13-17(20)14-21(25)22(27)23-6-12-32-15-18-3-2-9-31-18/h2-5,9,13,21H,6-8,10-12,14-15H2,1H3,(H,23,27)/t21-/m1/s1. The van der Waals surface area contributed by atoms with Gasteiger partial charge in [0, 0.05) is 44.4 Å². The molecule has 9 nitrogen and oxygen atoms in total. The van der Waals surface area contributed by atoms with Crippen molar-refractivity contribution in [3.05, 3.63) is 47.9 Å². The van der Waals surface area contributed by atoms with Crippen LogP contribution in [0.15, 0.2) is 45.9 Å². The molecule has 0 radical (unpaired) electrons. The van der Waals surface area contributed by atoms with E-state index in [0.717, 1.165) is 11.5 Å². The number of ether oxygens (including phenoxy) is 1. The Morgan fingerprint density at radius 3 is 2.70 bits per heavy atom. The van der Waals surface area contributed by atoms with E-state index in [1.807, 2.05) is 12.1 Å². The van der Waals surface area contributed by atoms with Gasteiger partial charge in [0.05, 0.1) is 30.1 Å². The lowest BCUT2D eigenvalue weighted by Crippen LogP contribution is -2.47. The number of nitrogens with zero attached hydrogens (tertiary/aromatic N) is 2. The highest BCUT2D eigenvalue weighted by Gasteiger charge is 2.38. The average molecular weight is 494 g/mol. The quantitative estimate of drug-likeness (QED) is 0.557.